The molecule has 0 spiro atoms. The molecule has 0 bridgehead atoms. The zero-order valence-corrected chi connectivity index (χ0v) is 16.9. The van der Waals surface area contributed by atoms with Gasteiger partial charge in [-0.05, 0) is 12.1 Å². The Morgan fingerprint density at radius 3 is 2.71 bits per heavy atom. The number of thiazole rings is 1. The van der Waals surface area contributed by atoms with Crippen LogP contribution in [-0.2, 0) is 11.2 Å². The first kappa shape index (κ1) is 20.7. The van der Waals surface area contributed by atoms with Gasteiger partial charge in [0.1, 0.15) is 5.75 Å². The molecule has 0 aliphatic rings. The van der Waals surface area contributed by atoms with Gasteiger partial charge in [-0.25, -0.2) is 9.97 Å². The van der Waals surface area contributed by atoms with Crippen molar-refractivity contribution in [2.75, 3.05) is 5.32 Å². The van der Waals surface area contributed by atoms with E-state index in [0.29, 0.717) is 34.5 Å². The van der Waals surface area contributed by atoms with Crippen LogP contribution in [0.25, 0.3) is 22.6 Å². The summed E-state index contributed by atoms with van der Waals surface area (Å²) in [7, 11) is 0. The maximum absolute atomic E-state index is 12.6. The van der Waals surface area contributed by atoms with Crippen LogP contribution in [0.4, 0.5) is 13.9 Å². The first-order valence-electron chi connectivity index (χ1n) is 9.38. The predicted octanol–water partition coefficient (Wildman–Crippen LogP) is 5.64. The van der Waals surface area contributed by atoms with Gasteiger partial charge < -0.3 is 14.5 Å². The van der Waals surface area contributed by atoms with Gasteiger partial charge in [-0.15, -0.1) is 11.3 Å². The van der Waals surface area contributed by atoms with E-state index in [1.165, 1.54) is 17.4 Å². The third kappa shape index (κ3) is 5.32. The highest BCUT2D eigenvalue weighted by Gasteiger charge is 2.15. The molecule has 0 radical (unpaired) electrons. The first-order chi connectivity index (χ1) is 15.1. The molecule has 4 rings (SSSR count). The number of carbonyl (C=O) groups excluding carboxylic acids is 1. The second kappa shape index (κ2) is 9.48. The molecule has 9 heteroatoms. The number of aromatic nitrogens is 2. The number of benzene rings is 2. The minimum atomic E-state index is -2.93. The van der Waals surface area contributed by atoms with Crippen molar-refractivity contribution in [3.05, 3.63) is 72.1 Å². The van der Waals surface area contributed by atoms with Crippen LogP contribution in [-0.4, -0.2) is 22.5 Å². The van der Waals surface area contributed by atoms with Crippen molar-refractivity contribution in [2.24, 2.45) is 0 Å². The molecule has 0 saturated carbocycles. The number of anilines is 1. The predicted molar refractivity (Wildman–Crippen MR) is 113 cm³/mol. The van der Waals surface area contributed by atoms with E-state index < -0.39 is 6.61 Å². The molecule has 0 aliphatic carbocycles. The van der Waals surface area contributed by atoms with Crippen LogP contribution < -0.4 is 10.1 Å². The third-order valence-electron chi connectivity index (χ3n) is 4.31. The summed E-state index contributed by atoms with van der Waals surface area (Å²) in [6.07, 6.45) is 2.13. The summed E-state index contributed by atoms with van der Waals surface area (Å²) in [5, 5.41) is 4.75. The van der Waals surface area contributed by atoms with Crippen LogP contribution in [0.5, 0.6) is 5.75 Å². The molecule has 31 heavy (non-hydrogen) atoms. The van der Waals surface area contributed by atoms with E-state index in [4.69, 9.17) is 4.42 Å². The Kier molecular flexibility index (Phi) is 6.32. The highest BCUT2D eigenvalue weighted by Crippen LogP contribution is 2.33. The van der Waals surface area contributed by atoms with Crippen LogP contribution >= 0.6 is 11.3 Å². The maximum atomic E-state index is 12.6. The zero-order chi connectivity index (χ0) is 21.6. The number of aryl methyl sites for hydroxylation is 1. The van der Waals surface area contributed by atoms with Crippen molar-refractivity contribution in [1.29, 1.82) is 0 Å². The second-order valence-corrected chi connectivity index (χ2v) is 7.30. The molecule has 0 unspecified atom stereocenters. The molecular weight excluding hydrogens is 424 g/mol. The number of carbonyl (C=O) groups is 1. The van der Waals surface area contributed by atoms with Gasteiger partial charge in [0.25, 0.3) is 0 Å². The quantitative estimate of drug-likeness (QED) is 0.383. The Morgan fingerprint density at radius 2 is 1.90 bits per heavy atom. The third-order valence-corrected chi connectivity index (χ3v) is 5.07. The van der Waals surface area contributed by atoms with Crippen molar-refractivity contribution in [1.82, 2.24) is 9.97 Å². The summed E-state index contributed by atoms with van der Waals surface area (Å²) in [6.45, 7) is -2.93. The van der Waals surface area contributed by atoms with Crippen LogP contribution in [0.2, 0.25) is 0 Å². The van der Waals surface area contributed by atoms with Crippen LogP contribution in [0.1, 0.15) is 12.3 Å². The molecule has 0 aliphatic heterocycles. The minimum absolute atomic E-state index is 0.0267. The van der Waals surface area contributed by atoms with Gasteiger partial charge in [0.15, 0.2) is 16.8 Å². The molecule has 1 N–H and O–H groups in total. The van der Waals surface area contributed by atoms with Crippen LogP contribution in [0.15, 0.2) is 70.6 Å². The summed E-state index contributed by atoms with van der Waals surface area (Å²) in [6, 6.07) is 15.9. The summed E-state index contributed by atoms with van der Waals surface area (Å²) in [5.41, 5.74) is 1.78. The monoisotopic (exact) mass is 441 g/mol. The fraction of sp³-hybridized carbons (Fsp3) is 0.136. The van der Waals surface area contributed by atoms with E-state index in [1.54, 1.807) is 29.8 Å². The Morgan fingerprint density at radius 1 is 1.13 bits per heavy atom. The smallest absolute Gasteiger partial charge is 0.387 e. The minimum Gasteiger partial charge on any atom is -0.441 e. The number of oxazole rings is 1. The molecule has 2 aromatic heterocycles. The zero-order valence-electron chi connectivity index (χ0n) is 16.1. The van der Waals surface area contributed by atoms with Gasteiger partial charge in [-0.1, -0.05) is 42.5 Å². The topological polar surface area (TPSA) is 77.3 Å². The number of halogens is 2. The number of para-hydroxylation sites is 1. The van der Waals surface area contributed by atoms with E-state index >= 15 is 0 Å². The SMILES string of the molecule is O=C(CCc1ncc(-c2ccccc2)o1)Nc1nc(-c2ccccc2OC(F)F)cs1. The van der Waals surface area contributed by atoms with E-state index in [-0.39, 0.29) is 18.1 Å². The molecule has 1 amide bonds. The summed E-state index contributed by atoms with van der Waals surface area (Å²) < 4.78 is 35.4. The molecule has 2 heterocycles. The van der Waals surface area contributed by atoms with Gasteiger partial charge in [0.2, 0.25) is 5.91 Å². The Bertz CT molecular complexity index is 1160. The Labute approximate surface area is 180 Å². The Balaban J connectivity index is 1.35. The van der Waals surface area contributed by atoms with Crippen molar-refractivity contribution >= 4 is 22.4 Å². The number of rotatable bonds is 8. The average Bonchev–Trinajstić information content (AvgIpc) is 3.43. The number of alkyl halides is 2. The van der Waals surface area contributed by atoms with Crippen LogP contribution in [0.3, 0.4) is 0 Å². The molecule has 0 atom stereocenters. The second-order valence-electron chi connectivity index (χ2n) is 6.45. The van der Waals surface area contributed by atoms with Gasteiger partial charge in [0, 0.05) is 29.3 Å². The van der Waals surface area contributed by atoms with Crippen molar-refractivity contribution in [3.63, 3.8) is 0 Å². The lowest BCUT2D eigenvalue weighted by atomic mass is 10.1. The van der Waals surface area contributed by atoms with Crippen molar-refractivity contribution in [2.45, 2.75) is 19.5 Å². The van der Waals surface area contributed by atoms with E-state index in [2.05, 4.69) is 20.0 Å². The van der Waals surface area contributed by atoms with E-state index in [9.17, 15) is 13.6 Å². The largest absolute Gasteiger partial charge is 0.441 e. The number of ether oxygens (including phenoxy) is 1. The lowest BCUT2D eigenvalue weighted by molar-refractivity contribution is -0.116. The lowest BCUT2D eigenvalue weighted by Gasteiger charge is -2.08. The molecule has 0 fully saturated rings. The fourth-order valence-corrected chi connectivity index (χ4v) is 3.62. The standard InChI is InChI=1S/C22H17F2N3O3S/c23-21(24)30-17-9-5-4-8-15(17)16-13-31-22(26-16)27-19(28)10-11-20-25-12-18(29-20)14-6-2-1-3-7-14/h1-9,12-13,21H,10-11H2,(H,26,27,28). The van der Waals surface area contributed by atoms with Crippen molar-refractivity contribution < 1.29 is 22.7 Å². The summed E-state index contributed by atoms with van der Waals surface area (Å²) in [5.74, 6) is 0.883. The van der Waals surface area contributed by atoms with Gasteiger partial charge in [-0.3, -0.25) is 4.79 Å². The number of amides is 1. The summed E-state index contributed by atoms with van der Waals surface area (Å²) in [4.78, 5) is 20.8. The molecule has 6 nitrogen and oxygen atoms in total. The van der Waals surface area contributed by atoms with Gasteiger partial charge in [-0.2, -0.15) is 8.78 Å². The normalized spacial score (nSPS) is 10.9. The van der Waals surface area contributed by atoms with Crippen molar-refractivity contribution in [3.8, 4) is 28.3 Å². The van der Waals surface area contributed by atoms with Gasteiger partial charge >= 0.3 is 6.61 Å². The molecule has 0 saturated heterocycles. The van der Waals surface area contributed by atoms with E-state index in [1.807, 2.05) is 30.3 Å². The molecule has 158 valence electrons. The lowest BCUT2D eigenvalue weighted by Crippen LogP contribution is -2.12. The fourth-order valence-electron chi connectivity index (χ4n) is 2.90. The maximum Gasteiger partial charge on any atom is 0.387 e. The average molecular weight is 441 g/mol. The number of hydrogen-bond acceptors (Lipinski definition) is 6. The molecule has 2 aromatic carbocycles. The molecule has 4 aromatic rings. The highest BCUT2D eigenvalue weighted by molar-refractivity contribution is 7.14. The highest BCUT2D eigenvalue weighted by atomic mass is 32.1. The number of nitrogens with zero attached hydrogens (tertiary/aromatic N) is 2. The first-order valence-corrected chi connectivity index (χ1v) is 10.3. The summed E-state index contributed by atoms with van der Waals surface area (Å²) >= 11 is 1.20. The number of hydrogen-bond donors (Lipinski definition) is 1. The van der Waals surface area contributed by atoms with E-state index in [0.717, 1.165) is 5.56 Å². The van der Waals surface area contributed by atoms with Gasteiger partial charge in [0.05, 0.1) is 11.9 Å². The Hall–Kier alpha value is -3.59. The molecular formula is C22H17F2N3O3S. The van der Waals surface area contributed by atoms with Crippen LogP contribution in [0, 0.1) is 0 Å². The number of nitrogens with one attached hydrogen (secondary N) is 1.